The second kappa shape index (κ2) is 6.76. The van der Waals surface area contributed by atoms with E-state index in [1.165, 1.54) is 0 Å². The Morgan fingerprint density at radius 3 is 2.86 bits per heavy atom. The van der Waals surface area contributed by atoms with Gasteiger partial charge in [-0.15, -0.1) is 0 Å². The molecule has 0 spiro atoms. The van der Waals surface area contributed by atoms with Gasteiger partial charge in [0.25, 0.3) is 0 Å². The monoisotopic (exact) mass is 304 g/mol. The second-order valence-corrected chi connectivity index (χ2v) is 5.94. The smallest absolute Gasteiger partial charge is 0.228 e. The number of rotatable bonds is 5. The fraction of sp³-hybridized carbons (Fsp3) is 0.400. The van der Waals surface area contributed by atoms with Crippen LogP contribution in [0.15, 0.2) is 24.5 Å². The van der Waals surface area contributed by atoms with Crippen molar-refractivity contribution in [2.75, 3.05) is 17.3 Å². The molecule has 112 valence electrons. The maximum absolute atomic E-state index is 12.1. The van der Waals surface area contributed by atoms with E-state index in [9.17, 15) is 4.79 Å². The van der Waals surface area contributed by atoms with Gasteiger partial charge in [0, 0.05) is 17.9 Å². The summed E-state index contributed by atoms with van der Waals surface area (Å²) in [5.41, 5.74) is 3.35. The van der Waals surface area contributed by atoms with Crippen LogP contribution >= 0.6 is 11.8 Å². The van der Waals surface area contributed by atoms with Crippen molar-refractivity contribution < 1.29 is 4.79 Å². The molecular formula is C15H20N4OS. The van der Waals surface area contributed by atoms with E-state index in [1.807, 2.05) is 45.4 Å². The fourth-order valence-electron chi connectivity index (χ4n) is 2.01. The standard InChI is InChI=1S/C15H20N4OS/c1-10(9-21-4)15(20)17-13-8-19(18-11(13)2)14-6-5-7-16-12(14)3/h5-8,10H,9H2,1-4H3,(H,17,20). The van der Waals surface area contributed by atoms with Gasteiger partial charge in [-0.2, -0.15) is 16.9 Å². The summed E-state index contributed by atoms with van der Waals surface area (Å²) in [6.07, 6.45) is 5.59. The summed E-state index contributed by atoms with van der Waals surface area (Å²) >= 11 is 1.67. The summed E-state index contributed by atoms with van der Waals surface area (Å²) in [4.78, 5) is 16.4. The molecule has 0 aromatic carbocycles. The van der Waals surface area contributed by atoms with Crippen LogP contribution in [0.5, 0.6) is 0 Å². The minimum Gasteiger partial charge on any atom is -0.323 e. The average molecular weight is 304 g/mol. The van der Waals surface area contributed by atoms with Gasteiger partial charge >= 0.3 is 0 Å². The van der Waals surface area contributed by atoms with Crippen molar-refractivity contribution in [3.05, 3.63) is 35.9 Å². The normalized spacial score (nSPS) is 12.2. The number of hydrogen-bond donors (Lipinski definition) is 1. The fourth-order valence-corrected chi connectivity index (χ4v) is 2.66. The largest absolute Gasteiger partial charge is 0.323 e. The van der Waals surface area contributed by atoms with Crippen LogP contribution in [0.1, 0.15) is 18.3 Å². The molecule has 2 aromatic rings. The van der Waals surface area contributed by atoms with Gasteiger partial charge in [-0.25, -0.2) is 4.68 Å². The van der Waals surface area contributed by atoms with Crippen molar-refractivity contribution in [3.63, 3.8) is 0 Å². The van der Waals surface area contributed by atoms with Crippen molar-refractivity contribution in [3.8, 4) is 5.69 Å². The molecule has 0 saturated carbocycles. The first-order valence-corrected chi connectivity index (χ1v) is 8.20. The Labute approximate surface area is 129 Å². The number of nitrogens with one attached hydrogen (secondary N) is 1. The van der Waals surface area contributed by atoms with Gasteiger partial charge in [-0.1, -0.05) is 6.92 Å². The van der Waals surface area contributed by atoms with Crippen LogP contribution in [0.2, 0.25) is 0 Å². The molecule has 0 fully saturated rings. The number of carbonyl (C=O) groups is 1. The van der Waals surface area contributed by atoms with E-state index in [2.05, 4.69) is 15.4 Å². The molecule has 6 heteroatoms. The molecule has 21 heavy (non-hydrogen) atoms. The lowest BCUT2D eigenvalue weighted by Crippen LogP contribution is -2.22. The number of thioether (sulfide) groups is 1. The summed E-state index contributed by atoms with van der Waals surface area (Å²) in [7, 11) is 0. The summed E-state index contributed by atoms with van der Waals surface area (Å²) in [5.74, 6) is 0.804. The highest BCUT2D eigenvalue weighted by Crippen LogP contribution is 2.19. The van der Waals surface area contributed by atoms with Crippen molar-refractivity contribution in [1.29, 1.82) is 0 Å². The molecule has 1 atom stereocenters. The van der Waals surface area contributed by atoms with Crippen molar-refractivity contribution in [1.82, 2.24) is 14.8 Å². The van der Waals surface area contributed by atoms with Crippen LogP contribution in [0.3, 0.4) is 0 Å². The number of aromatic nitrogens is 3. The van der Waals surface area contributed by atoms with E-state index < -0.39 is 0 Å². The SMILES string of the molecule is CSCC(C)C(=O)Nc1cn(-c2cccnc2C)nc1C. The Hall–Kier alpha value is -1.82. The van der Waals surface area contributed by atoms with Gasteiger partial charge < -0.3 is 5.32 Å². The van der Waals surface area contributed by atoms with Crippen LogP contribution in [0.4, 0.5) is 5.69 Å². The number of carbonyl (C=O) groups excluding carboxylic acids is 1. The number of amides is 1. The third-order valence-electron chi connectivity index (χ3n) is 3.25. The predicted octanol–water partition coefficient (Wildman–Crippen LogP) is 2.82. The minimum absolute atomic E-state index is 0.0231. The van der Waals surface area contributed by atoms with Crippen LogP contribution in [0, 0.1) is 19.8 Å². The van der Waals surface area contributed by atoms with E-state index in [1.54, 1.807) is 22.6 Å². The maximum atomic E-state index is 12.1. The first-order valence-electron chi connectivity index (χ1n) is 6.81. The van der Waals surface area contributed by atoms with E-state index in [-0.39, 0.29) is 11.8 Å². The lowest BCUT2D eigenvalue weighted by atomic mass is 10.2. The predicted molar refractivity (Wildman–Crippen MR) is 87.0 cm³/mol. The lowest BCUT2D eigenvalue weighted by Gasteiger charge is -2.09. The molecular weight excluding hydrogens is 284 g/mol. The van der Waals surface area contributed by atoms with Gasteiger partial charge in [-0.05, 0) is 32.2 Å². The summed E-state index contributed by atoms with van der Waals surface area (Å²) in [6, 6.07) is 3.83. The Balaban J connectivity index is 2.20. The molecule has 2 rings (SSSR count). The highest BCUT2D eigenvalue weighted by molar-refractivity contribution is 7.98. The molecule has 0 aliphatic rings. The molecule has 1 unspecified atom stereocenters. The molecule has 0 radical (unpaired) electrons. The Kier molecular flexibility index (Phi) is 5.01. The van der Waals surface area contributed by atoms with Gasteiger partial charge in [0.2, 0.25) is 5.91 Å². The summed E-state index contributed by atoms with van der Waals surface area (Å²) in [5, 5.41) is 7.41. The van der Waals surface area contributed by atoms with Gasteiger partial charge in [0.1, 0.15) is 0 Å². The van der Waals surface area contributed by atoms with Crippen molar-refractivity contribution in [2.24, 2.45) is 5.92 Å². The number of pyridine rings is 1. The topological polar surface area (TPSA) is 59.8 Å². The lowest BCUT2D eigenvalue weighted by molar-refractivity contribution is -0.118. The molecule has 0 aliphatic heterocycles. The van der Waals surface area contributed by atoms with E-state index in [0.29, 0.717) is 0 Å². The Morgan fingerprint density at radius 2 is 2.19 bits per heavy atom. The van der Waals surface area contributed by atoms with E-state index in [4.69, 9.17) is 0 Å². The Bertz CT molecular complexity index is 638. The highest BCUT2D eigenvalue weighted by Gasteiger charge is 2.15. The van der Waals surface area contributed by atoms with Gasteiger partial charge in [0.15, 0.2) is 0 Å². The zero-order valence-corrected chi connectivity index (χ0v) is 13.6. The van der Waals surface area contributed by atoms with Crippen molar-refractivity contribution >= 4 is 23.4 Å². The van der Waals surface area contributed by atoms with Crippen LogP contribution in [0.25, 0.3) is 5.69 Å². The molecule has 1 N–H and O–H groups in total. The quantitative estimate of drug-likeness (QED) is 0.923. The van der Waals surface area contributed by atoms with E-state index >= 15 is 0 Å². The zero-order valence-electron chi connectivity index (χ0n) is 12.8. The molecule has 5 nitrogen and oxygen atoms in total. The molecule has 0 aliphatic carbocycles. The van der Waals surface area contributed by atoms with Crippen LogP contribution in [-0.4, -0.2) is 32.7 Å². The van der Waals surface area contributed by atoms with Gasteiger partial charge in [-0.3, -0.25) is 9.78 Å². The average Bonchev–Trinajstić information content (AvgIpc) is 2.80. The third kappa shape index (κ3) is 3.64. The first-order chi connectivity index (χ1) is 10.0. The minimum atomic E-state index is -0.0251. The van der Waals surface area contributed by atoms with Crippen molar-refractivity contribution in [2.45, 2.75) is 20.8 Å². The molecule has 1 amide bonds. The summed E-state index contributed by atoms with van der Waals surface area (Å²) < 4.78 is 1.76. The zero-order chi connectivity index (χ0) is 15.4. The third-order valence-corrected chi connectivity index (χ3v) is 4.08. The highest BCUT2D eigenvalue weighted by atomic mass is 32.2. The van der Waals surface area contributed by atoms with Gasteiger partial charge in [0.05, 0.1) is 29.0 Å². The molecule has 2 aromatic heterocycles. The second-order valence-electron chi connectivity index (χ2n) is 5.03. The Morgan fingerprint density at radius 1 is 1.43 bits per heavy atom. The number of hydrogen-bond acceptors (Lipinski definition) is 4. The van der Waals surface area contributed by atoms with Crippen LogP contribution in [-0.2, 0) is 4.79 Å². The summed E-state index contributed by atoms with van der Waals surface area (Å²) in [6.45, 7) is 5.75. The molecule has 2 heterocycles. The number of aryl methyl sites for hydroxylation is 2. The molecule has 0 bridgehead atoms. The maximum Gasteiger partial charge on any atom is 0.228 e. The number of anilines is 1. The first kappa shape index (κ1) is 15.6. The van der Waals surface area contributed by atoms with E-state index in [0.717, 1.165) is 28.5 Å². The number of nitrogens with zero attached hydrogens (tertiary/aromatic N) is 3. The molecule has 0 saturated heterocycles. The van der Waals surface area contributed by atoms with Crippen LogP contribution < -0.4 is 5.32 Å².